The third kappa shape index (κ3) is 4.03. The van der Waals surface area contributed by atoms with Crippen LogP contribution in [0.25, 0.3) is 0 Å². The van der Waals surface area contributed by atoms with Gasteiger partial charge in [0.1, 0.15) is 0 Å². The Labute approximate surface area is 119 Å². The molecule has 0 aliphatic heterocycles. The second-order valence-corrected chi connectivity index (χ2v) is 4.94. The molecule has 2 aromatic rings. The van der Waals surface area contributed by atoms with Crippen LogP contribution in [-0.4, -0.2) is 11.7 Å². The number of carbonyl (C=O) groups excluding carboxylic acids is 2. The van der Waals surface area contributed by atoms with Crippen LogP contribution >= 0.6 is 15.9 Å². The lowest BCUT2D eigenvalue weighted by atomic mass is 10.1. The van der Waals surface area contributed by atoms with Crippen molar-refractivity contribution in [3.63, 3.8) is 0 Å². The molecular formula is C15H12BrNO2. The zero-order valence-corrected chi connectivity index (χ0v) is 11.7. The highest BCUT2D eigenvalue weighted by Gasteiger charge is 2.11. The highest BCUT2D eigenvalue weighted by molar-refractivity contribution is 9.10. The first kappa shape index (κ1) is 13.5. The normalized spacial score (nSPS) is 9.95. The molecular weight excluding hydrogens is 306 g/mol. The van der Waals surface area contributed by atoms with Gasteiger partial charge in [-0.15, -0.1) is 0 Å². The van der Waals surface area contributed by atoms with E-state index in [0.717, 1.165) is 4.47 Å². The summed E-state index contributed by atoms with van der Waals surface area (Å²) >= 11 is 3.32. The van der Waals surface area contributed by atoms with Crippen molar-refractivity contribution >= 4 is 33.3 Å². The smallest absolute Gasteiger partial charge is 0.232 e. The largest absolute Gasteiger partial charge is 0.326 e. The molecule has 96 valence electrons. The molecule has 0 unspecified atom stereocenters. The van der Waals surface area contributed by atoms with Crippen molar-refractivity contribution in [1.29, 1.82) is 0 Å². The number of anilines is 1. The third-order valence-electron chi connectivity index (χ3n) is 2.54. The summed E-state index contributed by atoms with van der Waals surface area (Å²) < 4.78 is 0.936. The second kappa shape index (κ2) is 6.29. The lowest BCUT2D eigenvalue weighted by Crippen LogP contribution is -2.16. The molecule has 0 fully saturated rings. The predicted octanol–water partition coefficient (Wildman–Crippen LogP) is 3.66. The van der Waals surface area contributed by atoms with E-state index in [2.05, 4.69) is 21.2 Å². The molecule has 0 saturated carbocycles. The van der Waals surface area contributed by atoms with Gasteiger partial charge in [-0.1, -0.05) is 46.3 Å². The van der Waals surface area contributed by atoms with Gasteiger partial charge in [0.15, 0.2) is 5.78 Å². The van der Waals surface area contributed by atoms with Crippen molar-refractivity contribution < 1.29 is 9.59 Å². The van der Waals surface area contributed by atoms with Gasteiger partial charge >= 0.3 is 0 Å². The molecule has 0 spiro atoms. The molecule has 0 atom stereocenters. The van der Waals surface area contributed by atoms with Crippen LogP contribution in [0.1, 0.15) is 16.8 Å². The van der Waals surface area contributed by atoms with Crippen molar-refractivity contribution in [3.8, 4) is 0 Å². The number of Topliss-reactive ketones (excluding diaryl/α,β-unsaturated/α-hetero) is 1. The first-order valence-corrected chi connectivity index (χ1v) is 6.58. The van der Waals surface area contributed by atoms with E-state index in [-0.39, 0.29) is 18.1 Å². The van der Waals surface area contributed by atoms with Crippen LogP contribution in [0.15, 0.2) is 59.1 Å². The highest BCUT2D eigenvalue weighted by atomic mass is 79.9. The van der Waals surface area contributed by atoms with E-state index in [1.54, 1.807) is 36.4 Å². The Morgan fingerprint density at radius 1 is 0.947 bits per heavy atom. The van der Waals surface area contributed by atoms with Gasteiger partial charge < -0.3 is 5.32 Å². The molecule has 3 nitrogen and oxygen atoms in total. The van der Waals surface area contributed by atoms with Gasteiger partial charge in [-0.05, 0) is 24.3 Å². The predicted molar refractivity (Wildman–Crippen MR) is 78.2 cm³/mol. The minimum absolute atomic E-state index is 0.153. The van der Waals surface area contributed by atoms with Gasteiger partial charge in [0.25, 0.3) is 0 Å². The van der Waals surface area contributed by atoms with Crippen LogP contribution in [0.3, 0.4) is 0 Å². The maximum absolute atomic E-state index is 11.8. The number of amides is 1. The van der Waals surface area contributed by atoms with E-state index in [4.69, 9.17) is 0 Å². The lowest BCUT2D eigenvalue weighted by Gasteiger charge is -2.05. The molecule has 1 N–H and O–H groups in total. The number of hydrogen-bond donors (Lipinski definition) is 1. The van der Waals surface area contributed by atoms with Gasteiger partial charge in [-0.2, -0.15) is 0 Å². The highest BCUT2D eigenvalue weighted by Crippen LogP contribution is 2.14. The zero-order chi connectivity index (χ0) is 13.7. The van der Waals surface area contributed by atoms with E-state index >= 15 is 0 Å². The Balaban J connectivity index is 1.95. The molecule has 2 aromatic carbocycles. The average molecular weight is 318 g/mol. The van der Waals surface area contributed by atoms with Crippen LogP contribution in [0.5, 0.6) is 0 Å². The van der Waals surface area contributed by atoms with E-state index in [1.165, 1.54) is 0 Å². The Bertz CT molecular complexity index is 579. The Hall–Kier alpha value is -1.94. The Morgan fingerprint density at radius 2 is 1.58 bits per heavy atom. The standard InChI is InChI=1S/C15H12BrNO2/c16-12-6-8-13(9-7-12)17-15(19)10-14(18)11-4-2-1-3-5-11/h1-9H,10H2,(H,17,19). The summed E-state index contributed by atoms with van der Waals surface area (Å²) in [7, 11) is 0. The summed E-state index contributed by atoms with van der Waals surface area (Å²) in [5.41, 5.74) is 1.22. The lowest BCUT2D eigenvalue weighted by molar-refractivity contribution is -0.115. The molecule has 4 heteroatoms. The quantitative estimate of drug-likeness (QED) is 0.691. The number of hydrogen-bond acceptors (Lipinski definition) is 2. The van der Waals surface area contributed by atoms with E-state index < -0.39 is 0 Å². The number of rotatable bonds is 4. The monoisotopic (exact) mass is 317 g/mol. The van der Waals surface area contributed by atoms with Crippen molar-refractivity contribution in [3.05, 3.63) is 64.6 Å². The summed E-state index contributed by atoms with van der Waals surface area (Å²) in [6.07, 6.45) is -0.153. The second-order valence-electron chi connectivity index (χ2n) is 4.02. The third-order valence-corrected chi connectivity index (χ3v) is 3.07. The van der Waals surface area contributed by atoms with Crippen LogP contribution in [0, 0.1) is 0 Å². The van der Waals surface area contributed by atoms with Crippen molar-refractivity contribution in [2.24, 2.45) is 0 Å². The van der Waals surface area contributed by atoms with Gasteiger partial charge in [0, 0.05) is 15.7 Å². The molecule has 2 rings (SSSR count). The fourth-order valence-electron chi connectivity index (χ4n) is 1.61. The van der Waals surface area contributed by atoms with Crippen LogP contribution in [0.2, 0.25) is 0 Å². The zero-order valence-electron chi connectivity index (χ0n) is 10.1. The molecule has 0 aliphatic rings. The van der Waals surface area contributed by atoms with Crippen molar-refractivity contribution in [2.45, 2.75) is 6.42 Å². The number of halogens is 1. The number of ketones is 1. The van der Waals surface area contributed by atoms with E-state index in [9.17, 15) is 9.59 Å². The van der Waals surface area contributed by atoms with E-state index in [0.29, 0.717) is 11.3 Å². The first-order chi connectivity index (χ1) is 9.15. The summed E-state index contributed by atoms with van der Waals surface area (Å²) in [6, 6.07) is 16.0. The fourth-order valence-corrected chi connectivity index (χ4v) is 1.87. The molecule has 0 bridgehead atoms. The minimum Gasteiger partial charge on any atom is -0.326 e. The van der Waals surface area contributed by atoms with Crippen LogP contribution in [0.4, 0.5) is 5.69 Å². The minimum atomic E-state index is -0.309. The summed E-state index contributed by atoms with van der Waals surface area (Å²) in [4.78, 5) is 23.6. The summed E-state index contributed by atoms with van der Waals surface area (Å²) in [6.45, 7) is 0. The average Bonchev–Trinajstić information content (AvgIpc) is 2.42. The Morgan fingerprint density at radius 3 is 2.21 bits per heavy atom. The SMILES string of the molecule is O=C(CC(=O)c1ccccc1)Nc1ccc(Br)cc1. The number of benzene rings is 2. The fraction of sp³-hybridized carbons (Fsp3) is 0.0667. The van der Waals surface area contributed by atoms with E-state index in [1.807, 2.05) is 18.2 Å². The van der Waals surface area contributed by atoms with Gasteiger partial charge in [-0.3, -0.25) is 9.59 Å². The summed E-state index contributed by atoms with van der Waals surface area (Å²) in [5.74, 6) is -0.494. The molecule has 0 radical (unpaired) electrons. The molecule has 0 saturated heterocycles. The van der Waals surface area contributed by atoms with Crippen LogP contribution in [-0.2, 0) is 4.79 Å². The van der Waals surface area contributed by atoms with Crippen molar-refractivity contribution in [1.82, 2.24) is 0 Å². The molecule has 0 heterocycles. The number of nitrogens with one attached hydrogen (secondary N) is 1. The Kier molecular flexibility index (Phi) is 4.47. The van der Waals surface area contributed by atoms with Gasteiger partial charge in [0.05, 0.1) is 6.42 Å². The van der Waals surface area contributed by atoms with Crippen molar-refractivity contribution in [2.75, 3.05) is 5.32 Å². The van der Waals surface area contributed by atoms with Crippen LogP contribution < -0.4 is 5.32 Å². The first-order valence-electron chi connectivity index (χ1n) is 5.79. The summed E-state index contributed by atoms with van der Waals surface area (Å²) in [5, 5.41) is 2.69. The molecule has 1 amide bonds. The molecule has 0 aromatic heterocycles. The number of carbonyl (C=O) groups is 2. The maximum Gasteiger partial charge on any atom is 0.232 e. The topological polar surface area (TPSA) is 46.2 Å². The van der Waals surface area contributed by atoms with Gasteiger partial charge in [-0.25, -0.2) is 0 Å². The maximum atomic E-state index is 11.8. The van der Waals surface area contributed by atoms with Gasteiger partial charge in [0.2, 0.25) is 5.91 Å². The molecule has 19 heavy (non-hydrogen) atoms. The molecule has 0 aliphatic carbocycles.